The average molecular weight is 363 g/mol. The fraction of sp³-hybridized carbons (Fsp3) is 0.273. The van der Waals surface area contributed by atoms with Gasteiger partial charge in [-0.1, -0.05) is 24.3 Å². The zero-order chi connectivity index (χ0) is 19.1. The summed E-state index contributed by atoms with van der Waals surface area (Å²) in [5, 5.41) is 5.47. The summed E-state index contributed by atoms with van der Waals surface area (Å²) in [4.78, 5) is 25.9. The van der Waals surface area contributed by atoms with Crippen LogP contribution in [-0.2, 0) is 11.3 Å². The monoisotopic (exact) mass is 363 g/mol. The molecule has 1 heterocycles. The molecule has 0 aliphatic carbocycles. The number of benzene rings is 2. The second kappa shape index (κ2) is 9.03. The van der Waals surface area contributed by atoms with Gasteiger partial charge in [0.15, 0.2) is 0 Å². The molecule has 0 spiro atoms. The molecule has 27 heavy (non-hydrogen) atoms. The standard InChI is InChI=1S/C22H25N3O2/c1-23-22(27)19-9-4-17(5-10-19)8-13-21(26)24-16-18-6-11-20(12-7-18)25-14-2-3-15-25/h4-13H,2-3,14-16H2,1H3,(H,23,27)(H,24,26)/b13-8+. The van der Waals surface area contributed by atoms with Gasteiger partial charge in [-0.25, -0.2) is 0 Å². The van der Waals surface area contributed by atoms with Gasteiger partial charge in [-0.15, -0.1) is 0 Å². The van der Waals surface area contributed by atoms with Gasteiger partial charge in [-0.05, 0) is 54.3 Å². The molecule has 0 atom stereocenters. The van der Waals surface area contributed by atoms with Crippen LogP contribution < -0.4 is 15.5 Å². The van der Waals surface area contributed by atoms with Crippen molar-refractivity contribution < 1.29 is 9.59 Å². The molecule has 0 unspecified atom stereocenters. The molecule has 0 saturated carbocycles. The van der Waals surface area contributed by atoms with Crippen molar-refractivity contribution >= 4 is 23.6 Å². The number of nitrogens with zero attached hydrogens (tertiary/aromatic N) is 1. The highest BCUT2D eigenvalue weighted by molar-refractivity contribution is 5.94. The van der Waals surface area contributed by atoms with Gasteiger partial charge in [0, 0.05) is 44.0 Å². The number of carbonyl (C=O) groups excluding carboxylic acids is 2. The second-order valence-corrected chi connectivity index (χ2v) is 6.61. The molecule has 2 N–H and O–H groups in total. The number of hydrogen-bond acceptors (Lipinski definition) is 3. The highest BCUT2D eigenvalue weighted by atomic mass is 16.2. The maximum absolute atomic E-state index is 12.0. The first kappa shape index (κ1) is 18.7. The Hall–Kier alpha value is -3.08. The molecular formula is C22H25N3O2. The predicted octanol–water partition coefficient (Wildman–Crippen LogP) is 2.98. The molecule has 2 aromatic rings. The highest BCUT2D eigenvalue weighted by Gasteiger charge is 2.11. The predicted molar refractivity (Wildman–Crippen MR) is 109 cm³/mol. The number of hydrogen-bond donors (Lipinski definition) is 2. The first-order chi connectivity index (χ1) is 13.2. The molecule has 3 rings (SSSR count). The van der Waals surface area contributed by atoms with E-state index in [9.17, 15) is 9.59 Å². The number of carbonyl (C=O) groups is 2. The van der Waals surface area contributed by atoms with Crippen molar-refractivity contribution in [3.05, 3.63) is 71.3 Å². The Balaban J connectivity index is 1.48. The summed E-state index contributed by atoms with van der Waals surface area (Å²) in [5.41, 5.74) is 3.79. The van der Waals surface area contributed by atoms with Crippen LogP contribution in [0.1, 0.15) is 34.3 Å². The average Bonchev–Trinajstić information content (AvgIpc) is 3.26. The van der Waals surface area contributed by atoms with Crippen LogP contribution >= 0.6 is 0 Å². The van der Waals surface area contributed by atoms with Gasteiger partial charge >= 0.3 is 0 Å². The van der Waals surface area contributed by atoms with Crippen molar-refractivity contribution in [3.63, 3.8) is 0 Å². The smallest absolute Gasteiger partial charge is 0.251 e. The van der Waals surface area contributed by atoms with E-state index in [1.165, 1.54) is 24.6 Å². The molecular weight excluding hydrogens is 338 g/mol. The van der Waals surface area contributed by atoms with Crippen LogP contribution in [-0.4, -0.2) is 32.0 Å². The Bertz CT molecular complexity index is 804. The second-order valence-electron chi connectivity index (χ2n) is 6.61. The van der Waals surface area contributed by atoms with Gasteiger partial charge in [0.2, 0.25) is 5.91 Å². The lowest BCUT2D eigenvalue weighted by Crippen LogP contribution is -2.20. The van der Waals surface area contributed by atoms with Gasteiger partial charge < -0.3 is 15.5 Å². The topological polar surface area (TPSA) is 61.4 Å². The summed E-state index contributed by atoms with van der Waals surface area (Å²) in [6.45, 7) is 2.76. The van der Waals surface area contributed by atoms with Gasteiger partial charge in [0.1, 0.15) is 0 Å². The van der Waals surface area contributed by atoms with Crippen LogP contribution in [0.2, 0.25) is 0 Å². The lowest BCUT2D eigenvalue weighted by Gasteiger charge is -2.17. The summed E-state index contributed by atoms with van der Waals surface area (Å²) in [6, 6.07) is 15.5. The molecule has 2 amide bonds. The molecule has 0 bridgehead atoms. The van der Waals surface area contributed by atoms with E-state index in [0.717, 1.165) is 24.2 Å². The normalized spacial score (nSPS) is 13.7. The van der Waals surface area contributed by atoms with Crippen molar-refractivity contribution in [3.8, 4) is 0 Å². The van der Waals surface area contributed by atoms with E-state index in [4.69, 9.17) is 0 Å². The minimum Gasteiger partial charge on any atom is -0.372 e. The van der Waals surface area contributed by atoms with Crippen molar-refractivity contribution in [2.75, 3.05) is 25.0 Å². The van der Waals surface area contributed by atoms with Crippen LogP contribution in [0.25, 0.3) is 6.08 Å². The molecule has 0 radical (unpaired) electrons. The first-order valence-corrected chi connectivity index (χ1v) is 9.27. The van der Waals surface area contributed by atoms with Gasteiger partial charge in [0.25, 0.3) is 5.91 Å². The first-order valence-electron chi connectivity index (χ1n) is 9.27. The Morgan fingerprint density at radius 3 is 2.30 bits per heavy atom. The largest absolute Gasteiger partial charge is 0.372 e. The summed E-state index contributed by atoms with van der Waals surface area (Å²) < 4.78 is 0. The minimum atomic E-state index is -0.144. The van der Waals surface area contributed by atoms with E-state index in [1.807, 2.05) is 12.1 Å². The van der Waals surface area contributed by atoms with Crippen LogP contribution in [0.5, 0.6) is 0 Å². The van der Waals surface area contributed by atoms with Crippen molar-refractivity contribution in [1.82, 2.24) is 10.6 Å². The van der Waals surface area contributed by atoms with E-state index >= 15 is 0 Å². The van der Waals surface area contributed by atoms with Crippen molar-refractivity contribution in [1.29, 1.82) is 0 Å². The third kappa shape index (κ3) is 5.20. The van der Waals surface area contributed by atoms with E-state index in [0.29, 0.717) is 12.1 Å². The molecule has 5 nitrogen and oxygen atoms in total. The van der Waals surface area contributed by atoms with Gasteiger partial charge in [-0.2, -0.15) is 0 Å². The minimum absolute atomic E-state index is 0.126. The zero-order valence-electron chi connectivity index (χ0n) is 15.6. The third-order valence-corrected chi connectivity index (χ3v) is 4.70. The molecule has 1 aliphatic heterocycles. The van der Waals surface area contributed by atoms with Crippen molar-refractivity contribution in [2.24, 2.45) is 0 Å². The number of amides is 2. The zero-order valence-corrected chi connectivity index (χ0v) is 15.6. The van der Waals surface area contributed by atoms with E-state index in [-0.39, 0.29) is 11.8 Å². The van der Waals surface area contributed by atoms with Crippen LogP contribution in [0.15, 0.2) is 54.6 Å². The van der Waals surface area contributed by atoms with Crippen molar-refractivity contribution in [2.45, 2.75) is 19.4 Å². The van der Waals surface area contributed by atoms with E-state index in [1.54, 1.807) is 25.3 Å². The van der Waals surface area contributed by atoms with Crippen LogP contribution in [0.4, 0.5) is 5.69 Å². The molecule has 5 heteroatoms. The summed E-state index contributed by atoms with van der Waals surface area (Å²) in [6.07, 6.45) is 5.77. The Morgan fingerprint density at radius 1 is 1.00 bits per heavy atom. The fourth-order valence-corrected chi connectivity index (χ4v) is 3.11. The SMILES string of the molecule is CNC(=O)c1ccc(/C=C/C(=O)NCc2ccc(N3CCCC3)cc2)cc1. The molecule has 2 aromatic carbocycles. The van der Waals surface area contributed by atoms with Gasteiger partial charge in [0.05, 0.1) is 0 Å². The number of nitrogens with one attached hydrogen (secondary N) is 2. The maximum Gasteiger partial charge on any atom is 0.251 e. The summed E-state index contributed by atoms with van der Waals surface area (Å²) in [5.74, 6) is -0.270. The summed E-state index contributed by atoms with van der Waals surface area (Å²) in [7, 11) is 1.60. The lowest BCUT2D eigenvalue weighted by molar-refractivity contribution is -0.116. The van der Waals surface area contributed by atoms with Gasteiger partial charge in [-0.3, -0.25) is 9.59 Å². The lowest BCUT2D eigenvalue weighted by atomic mass is 10.1. The maximum atomic E-state index is 12.0. The number of rotatable bonds is 6. The Morgan fingerprint density at radius 2 is 1.67 bits per heavy atom. The molecule has 1 aliphatic rings. The van der Waals surface area contributed by atoms with Crippen LogP contribution in [0, 0.1) is 0 Å². The molecule has 140 valence electrons. The number of anilines is 1. The summed E-state index contributed by atoms with van der Waals surface area (Å²) >= 11 is 0. The molecule has 0 aromatic heterocycles. The Labute approximate surface area is 160 Å². The molecule has 1 fully saturated rings. The van der Waals surface area contributed by atoms with Crippen LogP contribution in [0.3, 0.4) is 0 Å². The fourth-order valence-electron chi connectivity index (χ4n) is 3.11. The highest BCUT2D eigenvalue weighted by Crippen LogP contribution is 2.20. The van der Waals surface area contributed by atoms with E-state index < -0.39 is 0 Å². The Kier molecular flexibility index (Phi) is 6.26. The third-order valence-electron chi connectivity index (χ3n) is 4.70. The molecule has 1 saturated heterocycles. The quantitative estimate of drug-likeness (QED) is 0.776. The van der Waals surface area contributed by atoms with E-state index in [2.05, 4.69) is 39.8 Å².